The minimum atomic E-state index is -0.0979. The minimum Gasteiger partial charge on any atom is -0.493 e. The molecule has 0 fully saturated rings. The number of benzene rings is 1. The number of carbonyl (C=O) groups is 1. The zero-order chi connectivity index (χ0) is 18.7. The summed E-state index contributed by atoms with van der Waals surface area (Å²) < 4.78 is 16.2. The van der Waals surface area contributed by atoms with Crippen LogP contribution in [0.1, 0.15) is 36.7 Å². The lowest BCUT2D eigenvalue weighted by Gasteiger charge is -2.14. The Balaban J connectivity index is 0.00000151. The van der Waals surface area contributed by atoms with Crippen LogP contribution < -0.4 is 14.2 Å². The first-order valence-electron chi connectivity index (χ1n) is 8.20. The van der Waals surface area contributed by atoms with Crippen LogP contribution in [0.15, 0.2) is 42.7 Å². The van der Waals surface area contributed by atoms with E-state index >= 15 is 0 Å². The largest absolute Gasteiger partial charge is 0.493 e. The van der Waals surface area contributed by atoms with E-state index in [2.05, 4.69) is 4.98 Å². The van der Waals surface area contributed by atoms with Gasteiger partial charge in [-0.25, -0.2) is 0 Å². The molecule has 0 saturated heterocycles. The first-order chi connectivity index (χ1) is 12.2. The van der Waals surface area contributed by atoms with Gasteiger partial charge in [-0.2, -0.15) is 0 Å². The molecule has 2 rings (SSSR count). The summed E-state index contributed by atoms with van der Waals surface area (Å²) in [6.45, 7) is 6.39. The molecular formula is C20H25NO4. The molecule has 1 heterocycles. The van der Waals surface area contributed by atoms with Crippen LogP contribution in [0.5, 0.6) is 17.2 Å². The van der Waals surface area contributed by atoms with Gasteiger partial charge < -0.3 is 14.2 Å². The fourth-order valence-corrected chi connectivity index (χ4v) is 2.07. The molecule has 0 radical (unpaired) electrons. The van der Waals surface area contributed by atoms with Gasteiger partial charge in [-0.3, -0.25) is 9.78 Å². The van der Waals surface area contributed by atoms with Crippen molar-refractivity contribution < 1.29 is 19.0 Å². The predicted molar refractivity (Wildman–Crippen MR) is 99.7 cm³/mol. The average molecular weight is 343 g/mol. The summed E-state index contributed by atoms with van der Waals surface area (Å²) in [5.74, 6) is 1.57. The summed E-state index contributed by atoms with van der Waals surface area (Å²) in [6, 6.07) is 6.94. The SMILES string of the molecule is CC.CCOc1c(OC)cc(/C=C/C(=O)c2ccncc2)cc1OC. The van der Waals surface area contributed by atoms with Gasteiger partial charge in [-0.15, -0.1) is 0 Å². The lowest BCUT2D eigenvalue weighted by Crippen LogP contribution is -1.99. The summed E-state index contributed by atoms with van der Waals surface area (Å²) in [5, 5.41) is 0. The molecule has 1 aromatic carbocycles. The Morgan fingerprint density at radius 3 is 2.12 bits per heavy atom. The van der Waals surface area contributed by atoms with Crippen molar-refractivity contribution in [1.29, 1.82) is 0 Å². The molecule has 0 N–H and O–H groups in total. The highest BCUT2D eigenvalue weighted by Crippen LogP contribution is 2.38. The van der Waals surface area contributed by atoms with Crippen LogP contribution in [0.2, 0.25) is 0 Å². The van der Waals surface area contributed by atoms with E-state index < -0.39 is 0 Å². The van der Waals surface area contributed by atoms with Gasteiger partial charge in [0.05, 0.1) is 20.8 Å². The molecule has 0 atom stereocenters. The van der Waals surface area contributed by atoms with Gasteiger partial charge >= 0.3 is 0 Å². The van der Waals surface area contributed by atoms with E-state index in [0.717, 1.165) is 5.56 Å². The van der Waals surface area contributed by atoms with E-state index in [1.54, 1.807) is 57.0 Å². The molecule has 0 amide bonds. The first-order valence-corrected chi connectivity index (χ1v) is 8.20. The number of hydrogen-bond donors (Lipinski definition) is 0. The van der Waals surface area contributed by atoms with Gasteiger partial charge in [0, 0.05) is 18.0 Å². The Morgan fingerprint density at radius 1 is 1.08 bits per heavy atom. The molecule has 134 valence electrons. The van der Waals surface area contributed by atoms with Crippen molar-refractivity contribution >= 4 is 11.9 Å². The number of pyridine rings is 1. The van der Waals surface area contributed by atoms with Crippen molar-refractivity contribution in [3.63, 3.8) is 0 Å². The molecule has 0 saturated carbocycles. The number of aromatic nitrogens is 1. The highest BCUT2D eigenvalue weighted by atomic mass is 16.5. The van der Waals surface area contributed by atoms with Crippen LogP contribution in [0, 0.1) is 0 Å². The Hall–Kier alpha value is -2.82. The third-order valence-corrected chi connectivity index (χ3v) is 3.16. The van der Waals surface area contributed by atoms with Crippen molar-refractivity contribution in [2.75, 3.05) is 20.8 Å². The van der Waals surface area contributed by atoms with Crippen molar-refractivity contribution in [2.24, 2.45) is 0 Å². The molecular weight excluding hydrogens is 318 g/mol. The third kappa shape index (κ3) is 5.64. The number of hydrogen-bond acceptors (Lipinski definition) is 5. The van der Waals surface area contributed by atoms with E-state index in [4.69, 9.17) is 14.2 Å². The maximum absolute atomic E-state index is 12.1. The van der Waals surface area contributed by atoms with Crippen LogP contribution >= 0.6 is 0 Å². The number of methoxy groups -OCH3 is 2. The lowest BCUT2D eigenvalue weighted by atomic mass is 10.1. The number of rotatable bonds is 7. The summed E-state index contributed by atoms with van der Waals surface area (Å²) >= 11 is 0. The zero-order valence-corrected chi connectivity index (χ0v) is 15.4. The Kier molecular flexibility index (Phi) is 8.79. The fraction of sp³-hybridized carbons (Fsp3) is 0.300. The summed E-state index contributed by atoms with van der Waals surface area (Å²) in [6.07, 6.45) is 6.39. The Morgan fingerprint density at radius 2 is 1.64 bits per heavy atom. The average Bonchev–Trinajstić information content (AvgIpc) is 2.68. The van der Waals surface area contributed by atoms with Crippen LogP contribution in [-0.4, -0.2) is 31.6 Å². The van der Waals surface area contributed by atoms with Gasteiger partial charge in [0.2, 0.25) is 5.75 Å². The van der Waals surface area contributed by atoms with Gasteiger partial charge in [0.15, 0.2) is 17.3 Å². The molecule has 5 heteroatoms. The molecule has 25 heavy (non-hydrogen) atoms. The lowest BCUT2D eigenvalue weighted by molar-refractivity contribution is 0.104. The van der Waals surface area contributed by atoms with E-state index in [-0.39, 0.29) is 5.78 Å². The molecule has 0 aliphatic heterocycles. The van der Waals surface area contributed by atoms with Crippen molar-refractivity contribution in [3.8, 4) is 17.2 Å². The maximum atomic E-state index is 12.1. The molecule has 0 unspecified atom stereocenters. The molecule has 0 spiro atoms. The van der Waals surface area contributed by atoms with Crippen LogP contribution in [0.3, 0.4) is 0 Å². The fourth-order valence-electron chi connectivity index (χ4n) is 2.07. The van der Waals surface area contributed by atoms with Crippen LogP contribution in [0.25, 0.3) is 6.08 Å². The smallest absolute Gasteiger partial charge is 0.203 e. The highest BCUT2D eigenvalue weighted by molar-refractivity contribution is 6.06. The summed E-state index contributed by atoms with van der Waals surface area (Å²) in [7, 11) is 3.12. The van der Waals surface area contributed by atoms with Crippen molar-refractivity contribution in [1.82, 2.24) is 4.98 Å². The van der Waals surface area contributed by atoms with Gasteiger partial charge in [-0.05, 0) is 42.8 Å². The van der Waals surface area contributed by atoms with E-state index in [1.807, 2.05) is 20.8 Å². The number of carbonyl (C=O) groups excluding carboxylic acids is 1. The maximum Gasteiger partial charge on any atom is 0.203 e. The van der Waals surface area contributed by atoms with Crippen LogP contribution in [-0.2, 0) is 0 Å². The minimum absolute atomic E-state index is 0.0979. The van der Waals surface area contributed by atoms with Gasteiger partial charge in [0.1, 0.15) is 0 Å². The standard InChI is InChI=1S/C18H19NO4.C2H6/c1-4-23-18-16(21-2)11-13(12-17(18)22-3)5-6-15(20)14-7-9-19-10-8-14;1-2/h5-12H,4H2,1-3H3;1-2H3/b6-5+;. The van der Waals surface area contributed by atoms with Gasteiger partial charge in [-0.1, -0.05) is 19.9 Å². The second kappa shape index (κ2) is 10.9. The Labute approximate surface area is 149 Å². The van der Waals surface area contributed by atoms with Gasteiger partial charge in [0.25, 0.3) is 0 Å². The summed E-state index contributed by atoms with van der Waals surface area (Å²) in [5.41, 5.74) is 1.37. The normalized spacial score (nSPS) is 9.96. The van der Waals surface area contributed by atoms with E-state index in [9.17, 15) is 4.79 Å². The monoisotopic (exact) mass is 343 g/mol. The zero-order valence-electron chi connectivity index (χ0n) is 15.4. The topological polar surface area (TPSA) is 57.7 Å². The second-order valence-corrected chi connectivity index (χ2v) is 4.62. The highest BCUT2D eigenvalue weighted by Gasteiger charge is 2.13. The number of nitrogens with zero attached hydrogens (tertiary/aromatic N) is 1. The molecule has 2 aromatic rings. The van der Waals surface area contributed by atoms with Crippen molar-refractivity contribution in [2.45, 2.75) is 20.8 Å². The number of ketones is 1. The number of allylic oxidation sites excluding steroid dienone is 1. The molecule has 5 nitrogen and oxygen atoms in total. The summed E-state index contributed by atoms with van der Waals surface area (Å²) in [4.78, 5) is 16.0. The molecule has 0 bridgehead atoms. The van der Waals surface area contributed by atoms with E-state index in [0.29, 0.717) is 29.4 Å². The van der Waals surface area contributed by atoms with Crippen molar-refractivity contribution in [3.05, 3.63) is 53.9 Å². The molecule has 1 aromatic heterocycles. The molecule has 0 aliphatic rings. The first kappa shape index (κ1) is 20.2. The quantitative estimate of drug-likeness (QED) is 0.550. The second-order valence-electron chi connectivity index (χ2n) is 4.62. The predicted octanol–water partition coefficient (Wildman–Crippen LogP) is 4.42. The third-order valence-electron chi connectivity index (χ3n) is 3.16. The van der Waals surface area contributed by atoms with Crippen LogP contribution in [0.4, 0.5) is 0 Å². The Bertz CT molecular complexity index is 671. The number of ether oxygens (including phenoxy) is 3. The van der Waals surface area contributed by atoms with E-state index in [1.165, 1.54) is 6.08 Å². The molecule has 0 aliphatic carbocycles.